The number of nitro groups is 2. The zero-order valence-corrected chi connectivity index (χ0v) is 15.7. The first kappa shape index (κ1) is 21.6. The average molecular weight is 424 g/mol. The van der Waals surface area contributed by atoms with E-state index >= 15 is 0 Å². The van der Waals surface area contributed by atoms with Crippen molar-refractivity contribution >= 4 is 40.5 Å². The summed E-state index contributed by atoms with van der Waals surface area (Å²) >= 11 is 5.83. The molecule has 0 spiro atoms. The number of rotatable bonds is 8. The van der Waals surface area contributed by atoms with E-state index < -0.39 is 34.0 Å². The van der Waals surface area contributed by atoms with E-state index in [0.29, 0.717) is 6.61 Å². The first-order chi connectivity index (χ1) is 13.7. The van der Waals surface area contributed by atoms with Crippen molar-refractivity contribution in [3.05, 3.63) is 67.2 Å². The number of benzene rings is 2. The van der Waals surface area contributed by atoms with Crippen molar-refractivity contribution in [1.29, 1.82) is 0 Å². The van der Waals surface area contributed by atoms with Crippen LogP contribution >= 0.6 is 11.6 Å². The Bertz CT molecular complexity index is 979. The number of ether oxygens (including phenoxy) is 2. The lowest BCUT2D eigenvalue weighted by molar-refractivity contribution is -0.384. The van der Waals surface area contributed by atoms with Crippen LogP contribution in [0.3, 0.4) is 0 Å². The van der Waals surface area contributed by atoms with Crippen molar-refractivity contribution in [2.75, 3.05) is 18.5 Å². The molecule has 152 valence electrons. The van der Waals surface area contributed by atoms with Gasteiger partial charge in [0.1, 0.15) is 11.4 Å². The van der Waals surface area contributed by atoms with Gasteiger partial charge in [0.2, 0.25) is 0 Å². The van der Waals surface area contributed by atoms with Crippen LogP contribution in [0.25, 0.3) is 0 Å². The maximum absolute atomic E-state index is 12.1. The summed E-state index contributed by atoms with van der Waals surface area (Å²) in [5, 5.41) is 24.1. The van der Waals surface area contributed by atoms with Gasteiger partial charge in [-0.05, 0) is 25.1 Å². The normalized spacial score (nSPS) is 10.1. The zero-order chi connectivity index (χ0) is 21.6. The molecule has 0 saturated carbocycles. The molecule has 0 fully saturated rings. The fourth-order valence-corrected chi connectivity index (χ4v) is 2.40. The Morgan fingerprint density at radius 3 is 2.45 bits per heavy atom. The maximum atomic E-state index is 12.1. The molecule has 2 aromatic rings. The molecule has 0 radical (unpaired) electrons. The molecular weight excluding hydrogens is 410 g/mol. The van der Waals surface area contributed by atoms with Gasteiger partial charge in [0.05, 0.1) is 33.1 Å². The van der Waals surface area contributed by atoms with Crippen LogP contribution in [0, 0.1) is 20.2 Å². The van der Waals surface area contributed by atoms with Gasteiger partial charge in [-0.1, -0.05) is 11.6 Å². The first-order valence-corrected chi connectivity index (χ1v) is 8.43. The van der Waals surface area contributed by atoms with Crippen LogP contribution in [-0.2, 0) is 9.53 Å². The van der Waals surface area contributed by atoms with Crippen molar-refractivity contribution in [3.8, 4) is 5.75 Å². The Labute approximate surface area is 168 Å². The summed E-state index contributed by atoms with van der Waals surface area (Å²) in [6, 6.07) is 7.03. The molecule has 12 heteroatoms. The molecule has 0 saturated heterocycles. The topological polar surface area (TPSA) is 151 Å². The summed E-state index contributed by atoms with van der Waals surface area (Å²) in [5.41, 5.74) is -1.19. The fourth-order valence-electron chi connectivity index (χ4n) is 2.20. The Kier molecular flexibility index (Phi) is 7.04. The quantitative estimate of drug-likeness (QED) is 0.385. The van der Waals surface area contributed by atoms with Crippen LogP contribution in [0.1, 0.15) is 17.3 Å². The van der Waals surface area contributed by atoms with Crippen LogP contribution in [0.15, 0.2) is 36.4 Å². The molecule has 0 bridgehead atoms. The second-order valence-corrected chi connectivity index (χ2v) is 5.82. The summed E-state index contributed by atoms with van der Waals surface area (Å²) in [6.07, 6.45) is 0. The van der Waals surface area contributed by atoms with Crippen molar-refractivity contribution in [2.24, 2.45) is 0 Å². The lowest BCUT2D eigenvalue weighted by Crippen LogP contribution is -2.21. The standard InChI is InChI=1S/C17H14ClN3O8/c1-2-28-11-4-6-14(15(8-11)21(26)27)19-16(22)9-29-17(23)12-7-10(20(24)25)3-5-13(12)18/h3-8H,2,9H2,1H3,(H,19,22). The third kappa shape index (κ3) is 5.62. The van der Waals surface area contributed by atoms with Gasteiger partial charge in [0.15, 0.2) is 6.61 Å². The van der Waals surface area contributed by atoms with Crippen LogP contribution in [0.5, 0.6) is 5.75 Å². The predicted octanol–water partition coefficient (Wildman–Crippen LogP) is 3.35. The number of halogens is 1. The fraction of sp³-hybridized carbons (Fsp3) is 0.176. The zero-order valence-electron chi connectivity index (χ0n) is 14.9. The van der Waals surface area contributed by atoms with Crippen LogP contribution < -0.4 is 10.1 Å². The van der Waals surface area contributed by atoms with E-state index in [1.54, 1.807) is 6.92 Å². The molecule has 0 aliphatic heterocycles. The number of amides is 1. The van der Waals surface area contributed by atoms with E-state index in [4.69, 9.17) is 21.1 Å². The highest BCUT2D eigenvalue weighted by Crippen LogP contribution is 2.29. The number of carbonyl (C=O) groups excluding carboxylic acids is 2. The Morgan fingerprint density at radius 2 is 1.83 bits per heavy atom. The van der Waals surface area contributed by atoms with Gasteiger partial charge in [-0.3, -0.25) is 25.0 Å². The van der Waals surface area contributed by atoms with Crippen LogP contribution in [0.2, 0.25) is 5.02 Å². The van der Waals surface area contributed by atoms with Gasteiger partial charge < -0.3 is 14.8 Å². The molecule has 0 aromatic heterocycles. The van der Waals surface area contributed by atoms with Crippen LogP contribution in [0.4, 0.5) is 17.1 Å². The minimum absolute atomic E-state index is 0.0943. The minimum Gasteiger partial charge on any atom is -0.494 e. The summed E-state index contributed by atoms with van der Waals surface area (Å²) in [6.45, 7) is 1.23. The molecule has 0 unspecified atom stereocenters. The molecular formula is C17H14ClN3O8. The smallest absolute Gasteiger partial charge is 0.340 e. The van der Waals surface area contributed by atoms with E-state index in [9.17, 15) is 29.8 Å². The third-order valence-electron chi connectivity index (χ3n) is 3.47. The van der Waals surface area contributed by atoms with E-state index in [2.05, 4.69) is 5.32 Å². The largest absolute Gasteiger partial charge is 0.494 e. The summed E-state index contributed by atoms with van der Waals surface area (Å²) in [7, 11) is 0. The van der Waals surface area contributed by atoms with Crippen molar-refractivity contribution < 1.29 is 28.9 Å². The molecule has 2 aromatic carbocycles. The Balaban J connectivity index is 2.07. The number of non-ortho nitro benzene ring substituents is 1. The number of carbonyl (C=O) groups is 2. The van der Waals surface area contributed by atoms with Gasteiger partial charge >= 0.3 is 5.97 Å². The lowest BCUT2D eigenvalue weighted by atomic mass is 10.2. The van der Waals surface area contributed by atoms with E-state index in [-0.39, 0.29) is 27.7 Å². The molecule has 0 aliphatic carbocycles. The first-order valence-electron chi connectivity index (χ1n) is 8.05. The molecule has 0 aliphatic rings. The lowest BCUT2D eigenvalue weighted by Gasteiger charge is -2.09. The number of hydrogen-bond donors (Lipinski definition) is 1. The molecule has 1 N–H and O–H groups in total. The summed E-state index contributed by atoms with van der Waals surface area (Å²) < 4.78 is 9.96. The Hall–Kier alpha value is -3.73. The van der Waals surface area contributed by atoms with Crippen molar-refractivity contribution in [1.82, 2.24) is 0 Å². The van der Waals surface area contributed by atoms with Gasteiger partial charge in [-0.25, -0.2) is 4.79 Å². The van der Waals surface area contributed by atoms with Crippen molar-refractivity contribution in [3.63, 3.8) is 0 Å². The molecule has 0 heterocycles. The molecule has 2 rings (SSSR count). The second kappa shape index (κ2) is 9.46. The Morgan fingerprint density at radius 1 is 1.10 bits per heavy atom. The second-order valence-electron chi connectivity index (χ2n) is 5.41. The number of nitro benzene ring substituents is 2. The number of nitrogens with one attached hydrogen (secondary N) is 1. The number of nitrogens with zero attached hydrogens (tertiary/aromatic N) is 2. The summed E-state index contributed by atoms with van der Waals surface area (Å²) in [5.74, 6) is -1.66. The maximum Gasteiger partial charge on any atom is 0.340 e. The third-order valence-corrected chi connectivity index (χ3v) is 3.80. The SMILES string of the molecule is CCOc1ccc(NC(=O)COC(=O)c2cc([N+](=O)[O-])ccc2Cl)c([N+](=O)[O-])c1. The highest BCUT2D eigenvalue weighted by Gasteiger charge is 2.20. The number of anilines is 1. The highest BCUT2D eigenvalue weighted by atomic mass is 35.5. The van der Waals surface area contributed by atoms with Gasteiger partial charge in [0.25, 0.3) is 17.3 Å². The van der Waals surface area contributed by atoms with Gasteiger partial charge in [0, 0.05) is 12.1 Å². The molecule has 11 nitrogen and oxygen atoms in total. The van der Waals surface area contributed by atoms with Gasteiger partial charge in [-0.15, -0.1) is 0 Å². The predicted molar refractivity (Wildman–Crippen MR) is 101 cm³/mol. The molecule has 0 atom stereocenters. The molecule has 1 amide bonds. The van der Waals surface area contributed by atoms with E-state index in [1.807, 2.05) is 0 Å². The monoisotopic (exact) mass is 423 g/mol. The van der Waals surface area contributed by atoms with Crippen LogP contribution in [-0.4, -0.2) is 34.9 Å². The van der Waals surface area contributed by atoms with E-state index in [0.717, 1.165) is 24.3 Å². The van der Waals surface area contributed by atoms with Crippen molar-refractivity contribution in [2.45, 2.75) is 6.92 Å². The summed E-state index contributed by atoms with van der Waals surface area (Å²) in [4.78, 5) is 44.6. The highest BCUT2D eigenvalue weighted by molar-refractivity contribution is 6.33. The number of esters is 1. The average Bonchev–Trinajstić information content (AvgIpc) is 2.67. The van der Waals surface area contributed by atoms with E-state index in [1.165, 1.54) is 12.1 Å². The minimum atomic E-state index is -1.06. The molecule has 29 heavy (non-hydrogen) atoms. The number of hydrogen-bond acceptors (Lipinski definition) is 8. The van der Waals surface area contributed by atoms with Gasteiger partial charge in [-0.2, -0.15) is 0 Å².